The summed E-state index contributed by atoms with van der Waals surface area (Å²) in [5.41, 5.74) is 0.793. The highest BCUT2D eigenvalue weighted by Crippen LogP contribution is 2.28. The minimum absolute atomic E-state index is 0.0237. The number of hydrogen-bond acceptors (Lipinski definition) is 5. The van der Waals surface area contributed by atoms with Crippen LogP contribution in [0.5, 0.6) is 11.5 Å². The second kappa shape index (κ2) is 8.84. The predicted octanol–water partition coefficient (Wildman–Crippen LogP) is 5.04. The molecule has 3 aromatic rings. The van der Waals surface area contributed by atoms with Gasteiger partial charge in [0.05, 0.1) is 24.9 Å². The van der Waals surface area contributed by atoms with Gasteiger partial charge in [-0.1, -0.05) is 17.7 Å². The first-order valence-electron chi connectivity index (χ1n) is 8.78. The maximum absolute atomic E-state index is 13.5. The highest BCUT2D eigenvalue weighted by Gasteiger charge is 2.31. The van der Waals surface area contributed by atoms with E-state index in [2.05, 4.69) is 15.0 Å². The molecule has 0 aliphatic carbocycles. The number of nitrogens with zero attached hydrogens (tertiary/aromatic N) is 2. The van der Waals surface area contributed by atoms with E-state index in [0.717, 1.165) is 6.07 Å². The van der Waals surface area contributed by atoms with E-state index < -0.39 is 17.7 Å². The van der Waals surface area contributed by atoms with E-state index in [4.69, 9.17) is 16.3 Å². The van der Waals surface area contributed by atoms with Gasteiger partial charge in [0.15, 0.2) is 0 Å². The molecular weight excluding hydrogens is 442 g/mol. The van der Waals surface area contributed by atoms with Crippen LogP contribution in [-0.4, -0.2) is 23.0 Å². The van der Waals surface area contributed by atoms with Crippen LogP contribution in [0.4, 0.5) is 29.2 Å². The molecule has 11 heteroatoms. The molecule has 0 aliphatic rings. The molecule has 3 rings (SSSR count). The lowest BCUT2D eigenvalue weighted by atomic mass is 10.2. The van der Waals surface area contributed by atoms with Crippen LogP contribution in [0.2, 0.25) is 5.02 Å². The second-order valence-corrected chi connectivity index (χ2v) is 6.87. The van der Waals surface area contributed by atoms with E-state index in [1.165, 1.54) is 48.2 Å². The molecule has 1 heterocycles. The van der Waals surface area contributed by atoms with Crippen molar-refractivity contribution in [1.82, 2.24) is 9.55 Å². The lowest BCUT2D eigenvalue weighted by Gasteiger charge is -2.17. The number of anilines is 2. The number of hydrogen-bond donors (Lipinski definition) is 1. The van der Waals surface area contributed by atoms with E-state index in [1.807, 2.05) is 0 Å². The lowest BCUT2D eigenvalue weighted by Crippen LogP contribution is -2.19. The molecule has 0 aliphatic heterocycles. The summed E-state index contributed by atoms with van der Waals surface area (Å²) < 4.78 is 61.2. The molecular formula is C20H16ClF4N3O3. The van der Waals surface area contributed by atoms with Crippen LogP contribution in [0.15, 0.2) is 47.4 Å². The van der Waals surface area contributed by atoms with Crippen molar-refractivity contribution in [2.24, 2.45) is 0 Å². The first-order chi connectivity index (χ1) is 14.6. The summed E-state index contributed by atoms with van der Waals surface area (Å²) in [6.45, 7) is 1.72. The van der Waals surface area contributed by atoms with Crippen LogP contribution in [0.25, 0.3) is 0 Å². The van der Waals surface area contributed by atoms with Crippen LogP contribution in [0.3, 0.4) is 0 Å². The fourth-order valence-electron chi connectivity index (χ4n) is 2.76. The molecule has 0 bridgehead atoms. The number of halogens is 5. The van der Waals surface area contributed by atoms with Crippen molar-refractivity contribution in [3.8, 4) is 11.5 Å². The third kappa shape index (κ3) is 5.66. The average molecular weight is 458 g/mol. The molecule has 0 spiro atoms. The number of aryl methyl sites for hydroxylation is 1. The molecule has 6 nitrogen and oxygen atoms in total. The molecule has 0 saturated heterocycles. The molecule has 1 aromatic heterocycles. The normalized spacial score (nSPS) is 11.3. The topological polar surface area (TPSA) is 65.4 Å². The number of methoxy groups -OCH3 is 1. The van der Waals surface area contributed by atoms with Gasteiger partial charge >= 0.3 is 11.9 Å². The standard InChI is InChI=1S/C20H16ClF4N3O3/c1-11-7-13(31-20(23,24)25)4-6-16(11)26-19-27-18(29)17(30-2)10-28(19)9-12-3-5-15(22)14(21)8-12/h3-8,10H,9H2,1-2H3,(H,26,27,29). The summed E-state index contributed by atoms with van der Waals surface area (Å²) in [7, 11) is 1.31. The molecule has 31 heavy (non-hydrogen) atoms. The minimum atomic E-state index is -4.81. The van der Waals surface area contributed by atoms with Crippen molar-refractivity contribution in [2.45, 2.75) is 19.8 Å². The Hall–Kier alpha value is -3.27. The van der Waals surface area contributed by atoms with Gasteiger partial charge in [-0.25, -0.2) is 4.39 Å². The summed E-state index contributed by atoms with van der Waals surface area (Å²) in [5, 5.41) is 2.86. The van der Waals surface area contributed by atoms with Crippen LogP contribution < -0.4 is 20.3 Å². The summed E-state index contributed by atoms with van der Waals surface area (Å²) in [6.07, 6.45) is -3.40. The van der Waals surface area contributed by atoms with Gasteiger partial charge in [0.25, 0.3) is 0 Å². The monoisotopic (exact) mass is 457 g/mol. The van der Waals surface area contributed by atoms with Crippen LogP contribution in [0, 0.1) is 12.7 Å². The predicted molar refractivity (Wildman–Crippen MR) is 107 cm³/mol. The third-order valence-corrected chi connectivity index (χ3v) is 4.49. The summed E-state index contributed by atoms with van der Waals surface area (Å²) in [6, 6.07) is 7.85. The van der Waals surface area contributed by atoms with Crippen molar-refractivity contribution in [3.63, 3.8) is 0 Å². The van der Waals surface area contributed by atoms with Gasteiger partial charge < -0.3 is 19.4 Å². The molecule has 0 amide bonds. The first kappa shape index (κ1) is 22.4. The van der Waals surface area contributed by atoms with Gasteiger partial charge in [-0.2, -0.15) is 4.98 Å². The maximum Gasteiger partial charge on any atom is 0.573 e. The van der Waals surface area contributed by atoms with Crippen molar-refractivity contribution in [2.75, 3.05) is 12.4 Å². The number of nitrogens with one attached hydrogen (secondary N) is 1. The van der Waals surface area contributed by atoms with E-state index in [-0.39, 0.29) is 29.0 Å². The summed E-state index contributed by atoms with van der Waals surface area (Å²) in [5.74, 6) is -0.879. The van der Waals surface area contributed by atoms with E-state index >= 15 is 0 Å². The quantitative estimate of drug-likeness (QED) is 0.525. The number of aromatic nitrogens is 2. The first-order valence-corrected chi connectivity index (χ1v) is 9.16. The van der Waals surface area contributed by atoms with Gasteiger partial charge in [-0.3, -0.25) is 4.79 Å². The minimum Gasteiger partial charge on any atom is -0.490 e. The number of rotatable bonds is 6. The van der Waals surface area contributed by atoms with Gasteiger partial charge in [0.1, 0.15) is 11.6 Å². The lowest BCUT2D eigenvalue weighted by molar-refractivity contribution is -0.274. The molecule has 2 aromatic carbocycles. The molecule has 1 N–H and O–H groups in total. The molecule has 0 radical (unpaired) electrons. The van der Waals surface area contributed by atoms with Gasteiger partial charge in [0, 0.05) is 5.69 Å². The zero-order valence-corrected chi connectivity index (χ0v) is 17.0. The average Bonchev–Trinajstić information content (AvgIpc) is 2.67. The van der Waals surface area contributed by atoms with Crippen LogP contribution in [-0.2, 0) is 6.54 Å². The fraction of sp³-hybridized carbons (Fsp3) is 0.200. The van der Waals surface area contributed by atoms with Gasteiger partial charge in [-0.05, 0) is 48.4 Å². The van der Waals surface area contributed by atoms with Gasteiger partial charge in [-0.15, -0.1) is 13.2 Å². The van der Waals surface area contributed by atoms with Crippen molar-refractivity contribution in [3.05, 3.63) is 74.9 Å². The molecule has 0 fully saturated rings. The highest BCUT2D eigenvalue weighted by atomic mass is 35.5. The third-order valence-electron chi connectivity index (χ3n) is 4.20. The zero-order valence-electron chi connectivity index (χ0n) is 16.3. The van der Waals surface area contributed by atoms with Crippen molar-refractivity contribution < 1.29 is 27.0 Å². The Balaban J connectivity index is 1.95. The Kier molecular flexibility index (Phi) is 6.40. The molecule has 0 atom stereocenters. The Morgan fingerprint density at radius 2 is 1.94 bits per heavy atom. The maximum atomic E-state index is 13.5. The van der Waals surface area contributed by atoms with Crippen molar-refractivity contribution in [1.29, 1.82) is 0 Å². The largest absolute Gasteiger partial charge is 0.573 e. The van der Waals surface area contributed by atoms with Crippen molar-refractivity contribution >= 4 is 23.2 Å². The van der Waals surface area contributed by atoms with Crippen LogP contribution >= 0.6 is 11.6 Å². The summed E-state index contributed by atoms with van der Waals surface area (Å²) in [4.78, 5) is 16.1. The number of alkyl halides is 3. The van der Waals surface area contributed by atoms with Crippen LogP contribution in [0.1, 0.15) is 11.1 Å². The number of ether oxygens (including phenoxy) is 2. The van der Waals surface area contributed by atoms with E-state index in [0.29, 0.717) is 16.8 Å². The van der Waals surface area contributed by atoms with E-state index in [9.17, 15) is 22.4 Å². The van der Waals surface area contributed by atoms with Gasteiger partial charge in [0.2, 0.25) is 11.7 Å². The Bertz CT molecular complexity index is 1170. The molecule has 0 saturated carbocycles. The molecule has 164 valence electrons. The van der Waals surface area contributed by atoms with E-state index in [1.54, 1.807) is 6.92 Å². The Morgan fingerprint density at radius 1 is 1.19 bits per heavy atom. The fourth-order valence-corrected chi connectivity index (χ4v) is 2.97. The number of benzene rings is 2. The Labute approximate surface area is 179 Å². The molecule has 0 unspecified atom stereocenters. The Morgan fingerprint density at radius 3 is 2.55 bits per heavy atom. The summed E-state index contributed by atoms with van der Waals surface area (Å²) >= 11 is 5.83. The second-order valence-electron chi connectivity index (χ2n) is 6.46. The SMILES string of the molecule is COc1cn(Cc2ccc(F)c(Cl)c2)c(Nc2ccc(OC(F)(F)F)cc2C)nc1=O. The highest BCUT2D eigenvalue weighted by molar-refractivity contribution is 6.30. The smallest absolute Gasteiger partial charge is 0.490 e. The zero-order chi connectivity index (χ0) is 22.8.